The van der Waals surface area contributed by atoms with E-state index in [-0.39, 0.29) is 12.1 Å². The van der Waals surface area contributed by atoms with E-state index in [4.69, 9.17) is 21.1 Å². The Bertz CT molecular complexity index is 399. The zero-order valence-electron chi connectivity index (χ0n) is 11.1. The van der Waals surface area contributed by atoms with Gasteiger partial charge in [0.1, 0.15) is 0 Å². The zero-order chi connectivity index (χ0) is 13.2. The molecule has 0 aromatic heterocycles. The Morgan fingerprint density at radius 3 is 2.50 bits per heavy atom. The molecule has 1 saturated heterocycles. The second kappa shape index (κ2) is 5.57. The van der Waals surface area contributed by atoms with E-state index >= 15 is 0 Å². The van der Waals surface area contributed by atoms with Crippen molar-refractivity contribution in [3.8, 4) is 0 Å². The van der Waals surface area contributed by atoms with Crippen LogP contribution < -0.4 is 5.32 Å². The molecule has 1 atom stereocenters. The van der Waals surface area contributed by atoms with Crippen molar-refractivity contribution in [2.45, 2.75) is 38.6 Å². The van der Waals surface area contributed by atoms with Crippen LogP contribution in [0.5, 0.6) is 0 Å². The molecule has 0 aliphatic carbocycles. The summed E-state index contributed by atoms with van der Waals surface area (Å²) in [5, 5.41) is 4.27. The Hall–Kier alpha value is -0.610. The average molecular weight is 270 g/mol. The van der Waals surface area contributed by atoms with Crippen molar-refractivity contribution < 1.29 is 9.47 Å². The highest BCUT2D eigenvalue weighted by atomic mass is 35.5. The number of halogens is 1. The third kappa shape index (κ3) is 3.45. The first kappa shape index (κ1) is 13.8. The number of ether oxygens (including phenoxy) is 2. The molecule has 1 aromatic rings. The largest absolute Gasteiger partial charge is 0.349 e. The molecule has 100 valence electrons. The van der Waals surface area contributed by atoms with E-state index in [2.05, 4.69) is 12.2 Å². The maximum absolute atomic E-state index is 6.18. The Labute approximate surface area is 113 Å². The van der Waals surface area contributed by atoms with Gasteiger partial charge in [-0.2, -0.15) is 0 Å². The predicted octanol–water partition coefficient (Wildman–Crippen LogP) is 3.14. The van der Waals surface area contributed by atoms with Gasteiger partial charge in [-0.1, -0.05) is 29.8 Å². The topological polar surface area (TPSA) is 30.5 Å². The Balaban J connectivity index is 1.93. The lowest BCUT2D eigenvalue weighted by Crippen LogP contribution is -2.49. The molecule has 0 saturated carbocycles. The second-order valence-corrected chi connectivity index (χ2v) is 5.54. The van der Waals surface area contributed by atoms with E-state index in [1.807, 2.05) is 38.1 Å². The molecule has 1 N–H and O–H groups in total. The first-order valence-electron chi connectivity index (χ1n) is 6.26. The minimum absolute atomic E-state index is 0.178. The lowest BCUT2D eigenvalue weighted by molar-refractivity contribution is -0.253. The van der Waals surface area contributed by atoms with Crippen LogP contribution in [0.1, 0.15) is 32.4 Å². The summed E-state index contributed by atoms with van der Waals surface area (Å²) in [6.07, 6.45) is 0. The first-order valence-corrected chi connectivity index (χ1v) is 6.64. The quantitative estimate of drug-likeness (QED) is 0.914. The highest BCUT2D eigenvalue weighted by molar-refractivity contribution is 6.31. The molecule has 2 rings (SSSR count). The van der Waals surface area contributed by atoms with Crippen LogP contribution in [0.25, 0.3) is 0 Å². The third-order valence-electron chi connectivity index (χ3n) is 3.12. The Morgan fingerprint density at radius 2 is 1.89 bits per heavy atom. The van der Waals surface area contributed by atoms with E-state index in [0.717, 1.165) is 10.6 Å². The molecule has 1 fully saturated rings. The van der Waals surface area contributed by atoms with Gasteiger partial charge in [-0.3, -0.25) is 0 Å². The van der Waals surface area contributed by atoms with Gasteiger partial charge in [0.2, 0.25) is 0 Å². The van der Waals surface area contributed by atoms with Crippen molar-refractivity contribution in [1.29, 1.82) is 0 Å². The summed E-state index contributed by atoms with van der Waals surface area (Å²) in [7, 11) is 0. The van der Waals surface area contributed by atoms with Crippen molar-refractivity contribution in [3.05, 3.63) is 34.9 Å². The summed E-state index contributed by atoms with van der Waals surface area (Å²) in [6, 6.07) is 8.26. The molecular weight excluding hydrogens is 250 g/mol. The summed E-state index contributed by atoms with van der Waals surface area (Å²) < 4.78 is 11.3. The highest BCUT2D eigenvalue weighted by Gasteiger charge is 2.29. The standard InChI is InChI=1S/C14H20ClNO2/c1-10(12-6-4-5-7-13(12)15)16-11-8-17-14(2,3)18-9-11/h4-7,10-11,16H,8-9H2,1-3H3/t10-/m1/s1. The number of benzene rings is 1. The smallest absolute Gasteiger partial charge is 0.162 e. The zero-order valence-corrected chi connectivity index (χ0v) is 11.8. The monoisotopic (exact) mass is 269 g/mol. The normalized spacial score (nSPS) is 21.8. The SMILES string of the molecule is C[C@@H](NC1COC(C)(C)OC1)c1ccccc1Cl. The molecule has 0 unspecified atom stereocenters. The van der Waals surface area contributed by atoms with Gasteiger partial charge in [0.25, 0.3) is 0 Å². The summed E-state index contributed by atoms with van der Waals surface area (Å²) >= 11 is 6.18. The van der Waals surface area contributed by atoms with Crippen LogP contribution in [0.15, 0.2) is 24.3 Å². The predicted molar refractivity (Wildman–Crippen MR) is 72.8 cm³/mol. The molecule has 1 aromatic carbocycles. The number of hydrogen-bond donors (Lipinski definition) is 1. The van der Waals surface area contributed by atoms with Crippen LogP contribution in [0.2, 0.25) is 5.02 Å². The fourth-order valence-electron chi connectivity index (χ4n) is 2.06. The van der Waals surface area contributed by atoms with Gasteiger partial charge in [-0.15, -0.1) is 0 Å². The van der Waals surface area contributed by atoms with Crippen molar-refractivity contribution in [1.82, 2.24) is 5.32 Å². The van der Waals surface area contributed by atoms with Crippen molar-refractivity contribution in [2.24, 2.45) is 0 Å². The molecule has 3 nitrogen and oxygen atoms in total. The van der Waals surface area contributed by atoms with E-state index < -0.39 is 5.79 Å². The van der Waals surface area contributed by atoms with Crippen LogP contribution in [0.3, 0.4) is 0 Å². The van der Waals surface area contributed by atoms with E-state index in [9.17, 15) is 0 Å². The van der Waals surface area contributed by atoms with E-state index in [1.165, 1.54) is 0 Å². The van der Waals surface area contributed by atoms with Crippen molar-refractivity contribution >= 4 is 11.6 Å². The van der Waals surface area contributed by atoms with Gasteiger partial charge in [0, 0.05) is 11.1 Å². The molecule has 0 radical (unpaired) electrons. The molecule has 1 heterocycles. The minimum atomic E-state index is -0.466. The van der Waals surface area contributed by atoms with Gasteiger partial charge in [-0.25, -0.2) is 0 Å². The molecule has 0 bridgehead atoms. The number of rotatable bonds is 3. The number of nitrogens with one attached hydrogen (secondary N) is 1. The van der Waals surface area contributed by atoms with Crippen molar-refractivity contribution in [3.63, 3.8) is 0 Å². The fourth-order valence-corrected chi connectivity index (χ4v) is 2.36. The maximum Gasteiger partial charge on any atom is 0.162 e. The first-order chi connectivity index (χ1) is 8.48. The third-order valence-corrected chi connectivity index (χ3v) is 3.47. The molecule has 1 aliphatic heterocycles. The van der Waals surface area contributed by atoms with Gasteiger partial charge < -0.3 is 14.8 Å². The van der Waals surface area contributed by atoms with Gasteiger partial charge in [0.15, 0.2) is 5.79 Å². The van der Waals surface area contributed by atoms with Gasteiger partial charge in [0.05, 0.1) is 19.3 Å². The molecule has 4 heteroatoms. The molecule has 1 aliphatic rings. The summed E-state index contributed by atoms with van der Waals surface area (Å²) in [5.74, 6) is -0.466. The lowest BCUT2D eigenvalue weighted by Gasteiger charge is -2.36. The molecular formula is C14H20ClNO2. The fraction of sp³-hybridized carbons (Fsp3) is 0.571. The van der Waals surface area contributed by atoms with Crippen molar-refractivity contribution in [2.75, 3.05) is 13.2 Å². The average Bonchev–Trinajstić information content (AvgIpc) is 2.32. The summed E-state index contributed by atoms with van der Waals surface area (Å²) in [5.41, 5.74) is 1.10. The Kier molecular flexibility index (Phi) is 4.28. The van der Waals surface area contributed by atoms with Gasteiger partial charge in [-0.05, 0) is 32.4 Å². The van der Waals surface area contributed by atoms with E-state index in [1.54, 1.807) is 0 Å². The van der Waals surface area contributed by atoms with Crippen LogP contribution in [0, 0.1) is 0 Å². The van der Waals surface area contributed by atoms with Crippen LogP contribution >= 0.6 is 11.6 Å². The van der Waals surface area contributed by atoms with E-state index in [0.29, 0.717) is 13.2 Å². The van der Waals surface area contributed by atoms with Gasteiger partial charge >= 0.3 is 0 Å². The van der Waals surface area contributed by atoms with Crippen LogP contribution in [0.4, 0.5) is 0 Å². The summed E-state index contributed by atoms with van der Waals surface area (Å²) in [6.45, 7) is 7.27. The van der Waals surface area contributed by atoms with Crippen LogP contribution in [-0.2, 0) is 9.47 Å². The molecule has 18 heavy (non-hydrogen) atoms. The molecule has 0 amide bonds. The lowest BCUT2D eigenvalue weighted by atomic mass is 10.1. The maximum atomic E-state index is 6.18. The minimum Gasteiger partial charge on any atom is -0.349 e. The second-order valence-electron chi connectivity index (χ2n) is 5.13. The van der Waals surface area contributed by atoms with Crippen LogP contribution in [-0.4, -0.2) is 25.0 Å². The highest BCUT2D eigenvalue weighted by Crippen LogP contribution is 2.24. The summed E-state index contributed by atoms with van der Waals surface area (Å²) in [4.78, 5) is 0. The molecule has 0 spiro atoms. The number of hydrogen-bond acceptors (Lipinski definition) is 3. The Morgan fingerprint density at radius 1 is 1.28 bits per heavy atom.